The average Bonchev–Trinajstić information content (AvgIpc) is 2.37. The summed E-state index contributed by atoms with van der Waals surface area (Å²) in [7, 11) is 0. The zero-order valence-electron chi connectivity index (χ0n) is 10.4. The predicted octanol–water partition coefficient (Wildman–Crippen LogP) is 3.56. The Bertz CT molecular complexity index is 690. The van der Waals surface area contributed by atoms with Crippen LogP contribution in [0.2, 0.25) is 0 Å². The van der Waals surface area contributed by atoms with Gasteiger partial charge in [0.05, 0.1) is 4.92 Å². The summed E-state index contributed by atoms with van der Waals surface area (Å²) >= 11 is 0. The normalized spacial score (nSPS) is 10.3. The van der Waals surface area contributed by atoms with E-state index in [4.69, 9.17) is 10.5 Å². The molecule has 0 aliphatic heterocycles. The molecule has 0 saturated heterocycles. The Hall–Kier alpha value is -2.70. The number of aryl methyl sites for hydroxylation is 1. The third-order valence-electron chi connectivity index (χ3n) is 2.64. The van der Waals surface area contributed by atoms with E-state index < -0.39 is 28.0 Å². The fraction of sp³-hybridized carbons (Fsp3) is 0.0769. The molecule has 0 aliphatic rings. The Balaban J connectivity index is 2.52. The van der Waals surface area contributed by atoms with Crippen LogP contribution in [0.3, 0.4) is 0 Å². The van der Waals surface area contributed by atoms with E-state index in [1.165, 1.54) is 12.1 Å². The molecule has 20 heavy (non-hydrogen) atoms. The van der Waals surface area contributed by atoms with Crippen molar-refractivity contribution in [1.82, 2.24) is 0 Å². The van der Waals surface area contributed by atoms with Gasteiger partial charge in [-0.15, -0.1) is 0 Å². The average molecular weight is 280 g/mol. The highest BCUT2D eigenvalue weighted by atomic mass is 19.2. The van der Waals surface area contributed by atoms with E-state index in [1.807, 2.05) is 0 Å². The number of anilines is 1. The lowest BCUT2D eigenvalue weighted by molar-refractivity contribution is -0.385. The third-order valence-corrected chi connectivity index (χ3v) is 2.64. The number of benzene rings is 2. The van der Waals surface area contributed by atoms with Crippen LogP contribution in [0.15, 0.2) is 30.3 Å². The lowest BCUT2D eigenvalue weighted by Crippen LogP contribution is -1.99. The standard InChI is InChI=1S/C13H10F2N2O3/c1-7-6-8(16)2-5-11(7)20-13-10(17(18)19)4-3-9(14)12(13)15/h2-6H,16H2,1H3. The lowest BCUT2D eigenvalue weighted by Gasteiger charge is -2.10. The molecular weight excluding hydrogens is 270 g/mol. The van der Waals surface area contributed by atoms with Crippen LogP contribution in [0.4, 0.5) is 20.2 Å². The number of nitrogens with zero attached hydrogens (tertiary/aromatic N) is 1. The van der Waals surface area contributed by atoms with Gasteiger partial charge in [0.1, 0.15) is 5.75 Å². The number of nitrogens with two attached hydrogens (primary N) is 1. The van der Waals surface area contributed by atoms with Crippen molar-refractivity contribution in [2.45, 2.75) is 6.92 Å². The summed E-state index contributed by atoms with van der Waals surface area (Å²) in [6.45, 7) is 1.63. The number of hydrogen-bond acceptors (Lipinski definition) is 4. The molecular formula is C13H10F2N2O3. The summed E-state index contributed by atoms with van der Waals surface area (Å²) in [5.74, 6) is -3.23. The molecule has 0 aliphatic carbocycles. The molecule has 104 valence electrons. The summed E-state index contributed by atoms with van der Waals surface area (Å²) in [5, 5.41) is 10.8. The number of nitrogen functional groups attached to an aromatic ring is 1. The van der Waals surface area contributed by atoms with Crippen molar-refractivity contribution < 1.29 is 18.4 Å². The zero-order valence-corrected chi connectivity index (χ0v) is 10.4. The Morgan fingerprint density at radius 1 is 1.25 bits per heavy atom. The Kier molecular flexibility index (Phi) is 3.51. The molecule has 7 heteroatoms. The van der Waals surface area contributed by atoms with Gasteiger partial charge in [-0.25, -0.2) is 4.39 Å². The maximum absolute atomic E-state index is 13.7. The van der Waals surface area contributed by atoms with Crippen LogP contribution in [0.5, 0.6) is 11.5 Å². The van der Waals surface area contributed by atoms with Gasteiger partial charge in [-0.3, -0.25) is 10.1 Å². The number of nitro groups is 1. The van der Waals surface area contributed by atoms with Gasteiger partial charge in [-0.2, -0.15) is 4.39 Å². The molecule has 2 aromatic carbocycles. The Labute approximate surface area is 112 Å². The highest BCUT2D eigenvalue weighted by Gasteiger charge is 2.24. The van der Waals surface area contributed by atoms with Gasteiger partial charge < -0.3 is 10.5 Å². The quantitative estimate of drug-likeness (QED) is 0.529. The highest BCUT2D eigenvalue weighted by Crippen LogP contribution is 2.36. The molecule has 0 bridgehead atoms. The first-order valence-electron chi connectivity index (χ1n) is 5.56. The van der Waals surface area contributed by atoms with Gasteiger partial charge in [0.25, 0.3) is 0 Å². The number of halogens is 2. The summed E-state index contributed by atoms with van der Waals surface area (Å²) in [5.41, 5.74) is 5.91. The molecule has 2 aromatic rings. The van der Waals surface area contributed by atoms with Crippen molar-refractivity contribution >= 4 is 11.4 Å². The molecule has 0 saturated carbocycles. The molecule has 0 radical (unpaired) electrons. The fourth-order valence-electron chi connectivity index (χ4n) is 1.66. The maximum Gasteiger partial charge on any atom is 0.314 e. The molecule has 2 rings (SSSR count). The third kappa shape index (κ3) is 2.51. The minimum Gasteiger partial charge on any atom is -0.447 e. The Morgan fingerprint density at radius 3 is 2.55 bits per heavy atom. The predicted molar refractivity (Wildman–Crippen MR) is 68.7 cm³/mol. The number of hydrogen-bond donors (Lipinski definition) is 1. The SMILES string of the molecule is Cc1cc(N)ccc1Oc1c([N+](=O)[O-])ccc(F)c1F. The summed E-state index contributed by atoms with van der Waals surface area (Å²) in [6.07, 6.45) is 0. The minimum absolute atomic E-state index is 0.159. The van der Waals surface area contributed by atoms with Gasteiger partial charge in [0.2, 0.25) is 11.6 Å². The molecule has 5 nitrogen and oxygen atoms in total. The van der Waals surface area contributed by atoms with Gasteiger partial charge in [0.15, 0.2) is 5.82 Å². The van der Waals surface area contributed by atoms with Crippen LogP contribution < -0.4 is 10.5 Å². The van der Waals surface area contributed by atoms with Crippen molar-refractivity contribution in [3.05, 3.63) is 57.6 Å². The zero-order chi connectivity index (χ0) is 14.9. The summed E-state index contributed by atoms with van der Waals surface area (Å²) < 4.78 is 32.0. The van der Waals surface area contributed by atoms with Crippen molar-refractivity contribution in [2.24, 2.45) is 0 Å². The number of ether oxygens (including phenoxy) is 1. The molecule has 0 amide bonds. The van der Waals surface area contributed by atoms with Crippen molar-refractivity contribution in [2.75, 3.05) is 5.73 Å². The first-order valence-corrected chi connectivity index (χ1v) is 5.56. The van der Waals surface area contributed by atoms with Gasteiger partial charge in [0, 0.05) is 11.8 Å². The topological polar surface area (TPSA) is 78.4 Å². The van der Waals surface area contributed by atoms with E-state index in [0.29, 0.717) is 17.3 Å². The smallest absolute Gasteiger partial charge is 0.314 e. The van der Waals surface area contributed by atoms with Crippen molar-refractivity contribution in [3.63, 3.8) is 0 Å². The van der Waals surface area contributed by atoms with Crippen molar-refractivity contribution in [3.8, 4) is 11.5 Å². The molecule has 0 heterocycles. The second-order valence-electron chi connectivity index (χ2n) is 4.09. The highest BCUT2D eigenvalue weighted by molar-refractivity contribution is 5.53. The lowest BCUT2D eigenvalue weighted by atomic mass is 10.2. The second kappa shape index (κ2) is 5.12. The summed E-state index contributed by atoms with van der Waals surface area (Å²) in [6, 6.07) is 6.00. The van der Waals surface area contributed by atoms with Gasteiger partial charge in [-0.05, 0) is 36.8 Å². The molecule has 0 atom stereocenters. The molecule has 0 fully saturated rings. The van der Waals surface area contributed by atoms with E-state index in [2.05, 4.69) is 0 Å². The van der Waals surface area contributed by atoms with E-state index in [1.54, 1.807) is 13.0 Å². The molecule has 0 spiro atoms. The first-order chi connectivity index (χ1) is 9.40. The van der Waals surface area contributed by atoms with E-state index in [9.17, 15) is 18.9 Å². The molecule has 0 aromatic heterocycles. The summed E-state index contributed by atoms with van der Waals surface area (Å²) in [4.78, 5) is 9.99. The van der Waals surface area contributed by atoms with Crippen LogP contribution >= 0.6 is 0 Å². The molecule has 2 N–H and O–H groups in total. The minimum atomic E-state index is -1.41. The number of rotatable bonds is 3. The van der Waals surface area contributed by atoms with Gasteiger partial charge in [-0.1, -0.05) is 0 Å². The largest absolute Gasteiger partial charge is 0.447 e. The first kappa shape index (κ1) is 13.7. The maximum atomic E-state index is 13.7. The second-order valence-corrected chi connectivity index (χ2v) is 4.09. The van der Waals surface area contributed by atoms with Crippen molar-refractivity contribution in [1.29, 1.82) is 0 Å². The monoisotopic (exact) mass is 280 g/mol. The Morgan fingerprint density at radius 2 is 1.95 bits per heavy atom. The van der Waals surface area contributed by atoms with E-state index in [-0.39, 0.29) is 5.75 Å². The van der Waals surface area contributed by atoms with Crippen LogP contribution in [0, 0.1) is 28.7 Å². The van der Waals surface area contributed by atoms with E-state index in [0.717, 1.165) is 6.07 Å². The van der Waals surface area contributed by atoms with Crippen LogP contribution in [0.25, 0.3) is 0 Å². The fourth-order valence-corrected chi connectivity index (χ4v) is 1.66. The number of nitro benzene ring substituents is 1. The van der Waals surface area contributed by atoms with Crippen LogP contribution in [0.1, 0.15) is 5.56 Å². The van der Waals surface area contributed by atoms with Crippen LogP contribution in [-0.2, 0) is 0 Å². The van der Waals surface area contributed by atoms with Gasteiger partial charge >= 0.3 is 5.69 Å². The molecule has 0 unspecified atom stereocenters. The van der Waals surface area contributed by atoms with Crippen LogP contribution in [-0.4, -0.2) is 4.92 Å². The van der Waals surface area contributed by atoms with E-state index >= 15 is 0 Å².